The zero-order valence-corrected chi connectivity index (χ0v) is 10.2. The van der Waals surface area contributed by atoms with E-state index in [1.165, 1.54) is 0 Å². The third kappa shape index (κ3) is 3.72. The first-order valence-electron chi connectivity index (χ1n) is 5.67. The molecule has 0 saturated carbocycles. The van der Waals surface area contributed by atoms with Gasteiger partial charge in [-0.15, -0.1) is 0 Å². The van der Waals surface area contributed by atoms with Crippen LogP contribution in [0.1, 0.15) is 29.2 Å². The molecule has 0 aromatic heterocycles. The van der Waals surface area contributed by atoms with Crippen LogP contribution in [0.4, 0.5) is 0 Å². The lowest BCUT2D eigenvalue weighted by molar-refractivity contribution is 0.0149. The number of aryl methyl sites for hydroxylation is 1. The molecule has 0 aliphatic heterocycles. The monoisotopic (exact) mass is 251 g/mol. The van der Waals surface area contributed by atoms with Crippen LogP contribution in [-0.4, -0.2) is 28.0 Å². The van der Waals surface area contributed by atoms with E-state index in [2.05, 4.69) is 10.0 Å². The van der Waals surface area contributed by atoms with Crippen molar-refractivity contribution in [3.8, 4) is 0 Å². The Labute approximate surface area is 105 Å². The minimum Gasteiger partial charge on any atom is -0.392 e. The van der Waals surface area contributed by atoms with Crippen LogP contribution in [0.25, 0.3) is 10.4 Å². The summed E-state index contributed by atoms with van der Waals surface area (Å²) in [6.07, 6.45) is -1.86. The summed E-state index contributed by atoms with van der Waals surface area (Å²) < 4.78 is 0. The Morgan fingerprint density at radius 3 is 2.72 bits per heavy atom. The van der Waals surface area contributed by atoms with Crippen LogP contribution in [0.15, 0.2) is 23.3 Å². The molecular weight excluding hydrogens is 234 g/mol. The van der Waals surface area contributed by atoms with Crippen molar-refractivity contribution in [1.29, 1.82) is 0 Å². The Morgan fingerprint density at radius 2 is 2.11 bits per heavy atom. The minimum absolute atomic E-state index is 0.110. The van der Waals surface area contributed by atoms with Crippen LogP contribution in [-0.2, 0) is 6.61 Å². The van der Waals surface area contributed by atoms with Crippen LogP contribution in [0.3, 0.4) is 0 Å². The molecule has 1 aromatic rings. The molecule has 18 heavy (non-hydrogen) atoms. The number of hydrogen-bond donors (Lipinski definition) is 3. The number of aliphatic hydroxyl groups is 3. The average molecular weight is 251 g/mol. The molecule has 2 atom stereocenters. The Bertz CT molecular complexity index is 444. The van der Waals surface area contributed by atoms with E-state index in [-0.39, 0.29) is 19.6 Å². The second kappa shape index (κ2) is 6.98. The van der Waals surface area contributed by atoms with Gasteiger partial charge in [0, 0.05) is 11.5 Å². The van der Waals surface area contributed by atoms with E-state index in [1.54, 1.807) is 18.2 Å². The van der Waals surface area contributed by atoms with Gasteiger partial charge in [0.25, 0.3) is 0 Å². The van der Waals surface area contributed by atoms with Crippen molar-refractivity contribution >= 4 is 0 Å². The van der Waals surface area contributed by atoms with Crippen molar-refractivity contribution in [3.05, 3.63) is 45.3 Å². The smallest absolute Gasteiger partial charge is 0.105 e. The molecule has 98 valence electrons. The predicted octanol–water partition coefficient (Wildman–Crippen LogP) is 1.58. The fourth-order valence-corrected chi connectivity index (χ4v) is 1.66. The Kier molecular flexibility index (Phi) is 5.61. The van der Waals surface area contributed by atoms with Crippen LogP contribution in [0.2, 0.25) is 0 Å². The number of nitrogens with zero attached hydrogens (tertiary/aromatic N) is 3. The van der Waals surface area contributed by atoms with Crippen molar-refractivity contribution in [2.24, 2.45) is 5.11 Å². The normalized spacial score (nSPS) is 13.8. The highest BCUT2D eigenvalue weighted by molar-refractivity contribution is 5.32. The second-order valence-electron chi connectivity index (χ2n) is 4.10. The first-order chi connectivity index (χ1) is 8.60. The summed E-state index contributed by atoms with van der Waals surface area (Å²) in [6, 6.07) is 5.15. The maximum atomic E-state index is 9.93. The number of benzene rings is 1. The summed E-state index contributed by atoms with van der Waals surface area (Å²) >= 11 is 0. The molecule has 0 saturated heterocycles. The largest absolute Gasteiger partial charge is 0.392 e. The third-order valence-electron chi connectivity index (χ3n) is 2.84. The third-order valence-corrected chi connectivity index (χ3v) is 2.84. The van der Waals surface area contributed by atoms with Gasteiger partial charge in [-0.05, 0) is 35.6 Å². The van der Waals surface area contributed by atoms with Crippen LogP contribution >= 0.6 is 0 Å². The van der Waals surface area contributed by atoms with E-state index in [9.17, 15) is 10.2 Å². The average Bonchev–Trinajstić information content (AvgIpc) is 2.38. The standard InChI is InChI=1S/C12H17N3O3/c1-8-2-3-9(6-10(8)7-16)12(18)11(17)4-5-14-15-13/h2-3,6,11-12,16-18H,4-5,7H2,1H3. The summed E-state index contributed by atoms with van der Waals surface area (Å²) in [7, 11) is 0. The van der Waals surface area contributed by atoms with Crippen molar-refractivity contribution in [2.75, 3.05) is 6.54 Å². The Morgan fingerprint density at radius 1 is 1.39 bits per heavy atom. The van der Waals surface area contributed by atoms with E-state index < -0.39 is 12.2 Å². The molecule has 0 bridgehead atoms. The highest BCUT2D eigenvalue weighted by Gasteiger charge is 2.18. The first kappa shape index (κ1) is 14.5. The number of azide groups is 1. The maximum absolute atomic E-state index is 9.93. The summed E-state index contributed by atoms with van der Waals surface area (Å²) in [5.74, 6) is 0. The lowest BCUT2D eigenvalue weighted by Crippen LogP contribution is -2.19. The molecule has 0 radical (unpaired) electrons. The number of rotatable bonds is 6. The van der Waals surface area contributed by atoms with Gasteiger partial charge in [0.1, 0.15) is 6.10 Å². The zero-order chi connectivity index (χ0) is 13.5. The lowest BCUT2D eigenvalue weighted by Gasteiger charge is -2.18. The van der Waals surface area contributed by atoms with Gasteiger partial charge in [-0.1, -0.05) is 23.3 Å². The molecule has 2 unspecified atom stereocenters. The summed E-state index contributed by atoms with van der Waals surface area (Å²) in [5.41, 5.74) is 10.3. The van der Waals surface area contributed by atoms with Crippen molar-refractivity contribution in [3.63, 3.8) is 0 Å². The van der Waals surface area contributed by atoms with Gasteiger partial charge in [0.15, 0.2) is 0 Å². The quantitative estimate of drug-likeness (QED) is 0.405. The molecule has 6 heteroatoms. The summed E-state index contributed by atoms with van der Waals surface area (Å²) in [6.45, 7) is 1.88. The highest BCUT2D eigenvalue weighted by atomic mass is 16.3. The molecule has 0 spiro atoms. The first-order valence-corrected chi connectivity index (χ1v) is 5.67. The van der Waals surface area contributed by atoms with Gasteiger partial charge in [0.2, 0.25) is 0 Å². The Hall–Kier alpha value is -1.59. The fraction of sp³-hybridized carbons (Fsp3) is 0.500. The molecule has 1 aromatic carbocycles. The van der Waals surface area contributed by atoms with Gasteiger partial charge in [0.05, 0.1) is 12.7 Å². The predicted molar refractivity (Wildman–Crippen MR) is 66.7 cm³/mol. The fourth-order valence-electron chi connectivity index (χ4n) is 1.66. The van der Waals surface area contributed by atoms with Gasteiger partial charge in [-0.2, -0.15) is 0 Å². The zero-order valence-electron chi connectivity index (χ0n) is 10.2. The molecule has 0 heterocycles. The number of hydrogen-bond acceptors (Lipinski definition) is 4. The Balaban J connectivity index is 2.76. The van der Waals surface area contributed by atoms with Crippen molar-refractivity contribution < 1.29 is 15.3 Å². The van der Waals surface area contributed by atoms with E-state index in [4.69, 9.17) is 10.6 Å². The van der Waals surface area contributed by atoms with Crippen LogP contribution in [0.5, 0.6) is 0 Å². The van der Waals surface area contributed by atoms with Gasteiger partial charge >= 0.3 is 0 Å². The molecule has 0 aliphatic carbocycles. The minimum atomic E-state index is -1.05. The van der Waals surface area contributed by atoms with E-state index in [1.807, 2.05) is 6.92 Å². The number of aliphatic hydroxyl groups excluding tert-OH is 3. The van der Waals surface area contributed by atoms with E-state index >= 15 is 0 Å². The summed E-state index contributed by atoms with van der Waals surface area (Å²) in [5, 5.41) is 32.1. The van der Waals surface area contributed by atoms with Crippen LogP contribution in [0, 0.1) is 6.92 Å². The van der Waals surface area contributed by atoms with Crippen LogP contribution < -0.4 is 0 Å². The molecular formula is C12H17N3O3. The van der Waals surface area contributed by atoms with Gasteiger partial charge in [-0.25, -0.2) is 0 Å². The highest BCUT2D eigenvalue weighted by Crippen LogP contribution is 2.22. The molecule has 0 fully saturated rings. The molecule has 1 rings (SSSR count). The van der Waals surface area contributed by atoms with Crippen molar-refractivity contribution in [1.82, 2.24) is 0 Å². The van der Waals surface area contributed by atoms with E-state index in [0.29, 0.717) is 11.1 Å². The lowest BCUT2D eigenvalue weighted by atomic mass is 9.98. The van der Waals surface area contributed by atoms with Crippen molar-refractivity contribution in [2.45, 2.75) is 32.2 Å². The molecule has 3 N–H and O–H groups in total. The van der Waals surface area contributed by atoms with E-state index in [0.717, 1.165) is 5.56 Å². The maximum Gasteiger partial charge on any atom is 0.105 e. The molecule has 0 aliphatic rings. The topological polar surface area (TPSA) is 109 Å². The molecule has 0 amide bonds. The van der Waals surface area contributed by atoms with Gasteiger partial charge < -0.3 is 15.3 Å². The molecule has 6 nitrogen and oxygen atoms in total. The summed E-state index contributed by atoms with van der Waals surface area (Å²) in [4.78, 5) is 2.58. The second-order valence-corrected chi connectivity index (χ2v) is 4.10. The van der Waals surface area contributed by atoms with Gasteiger partial charge in [-0.3, -0.25) is 0 Å². The SMILES string of the molecule is Cc1ccc(C(O)C(O)CCN=[N+]=[N-])cc1CO.